The van der Waals surface area contributed by atoms with Crippen LogP contribution in [0.1, 0.15) is 23.2 Å². The van der Waals surface area contributed by atoms with Crippen molar-refractivity contribution in [1.82, 2.24) is 14.8 Å². The molecule has 3 aliphatic rings. The number of benzene rings is 1. The van der Waals surface area contributed by atoms with Gasteiger partial charge < -0.3 is 10.2 Å². The van der Waals surface area contributed by atoms with Crippen molar-refractivity contribution in [2.75, 3.05) is 19.6 Å². The number of carbonyl (C=O) groups excluding carboxylic acids is 1. The predicted molar refractivity (Wildman–Crippen MR) is 97.4 cm³/mol. The predicted octanol–water partition coefficient (Wildman–Crippen LogP) is 2.45. The van der Waals surface area contributed by atoms with E-state index in [1.54, 1.807) is 6.07 Å². The van der Waals surface area contributed by atoms with Gasteiger partial charge in [-0.15, -0.1) is 0 Å². The van der Waals surface area contributed by atoms with Crippen LogP contribution < -0.4 is 10.9 Å². The normalized spacial score (nSPS) is 24.5. The smallest absolute Gasteiger partial charge is 0.255 e. The first kappa shape index (κ1) is 17.2. The van der Waals surface area contributed by atoms with Gasteiger partial charge in [0.1, 0.15) is 5.82 Å². The summed E-state index contributed by atoms with van der Waals surface area (Å²) in [5, 5.41) is 3.08. The van der Waals surface area contributed by atoms with Gasteiger partial charge in [-0.2, -0.15) is 0 Å². The Morgan fingerprint density at radius 3 is 2.62 bits per heavy atom. The zero-order valence-electron chi connectivity index (χ0n) is 14.1. The Balaban J connectivity index is 1.58. The Labute approximate surface area is 155 Å². The molecule has 3 aliphatic heterocycles. The number of hydrogen-bond donors (Lipinski definition) is 1. The van der Waals surface area contributed by atoms with Gasteiger partial charge in [0, 0.05) is 24.8 Å². The molecule has 1 N–H and O–H groups in total. The average molecular weight is 376 g/mol. The number of piperidine rings is 3. The first-order valence-electron chi connectivity index (χ1n) is 8.72. The molecule has 0 aliphatic carbocycles. The minimum atomic E-state index is -0.613. The number of amides is 1. The molecule has 3 fully saturated rings. The van der Waals surface area contributed by atoms with E-state index in [1.165, 1.54) is 35.0 Å². The van der Waals surface area contributed by atoms with Gasteiger partial charge >= 0.3 is 0 Å². The molecule has 0 radical (unpaired) electrons. The van der Waals surface area contributed by atoms with Gasteiger partial charge in [0.05, 0.1) is 16.3 Å². The van der Waals surface area contributed by atoms with E-state index in [0.29, 0.717) is 17.2 Å². The van der Waals surface area contributed by atoms with Crippen LogP contribution in [0.5, 0.6) is 0 Å². The number of halogens is 2. The molecule has 2 aromatic rings. The Kier molecular flexibility index (Phi) is 4.54. The van der Waals surface area contributed by atoms with Gasteiger partial charge in [0.2, 0.25) is 0 Å². The molecular weight excluding hydrogens is 357 g/mol. The van der Waals surface area contributed by atoms with Crippen molar-refractivity contribution >= 4 is 17.5 Å². The largest absolute Gasteiger partial charge is 0.348 e. The fraction of sp³-hybridized carbons (Fsp3) is 0.368. The van der Waals surface area contributed by atoms with Crippen LogP contribution in [0.3, 0.4) is 0 Å². The summed E-state index contributed by atoms with van der Waals surface area (Å²) in [6.45, 7) is 3.08. The van der Waals surface area contributed by atoms with Crippen LogP contribution in [0.15, 0.2) is 41.3 Å². The van der Waals surface area contributed by atoms with Crippen molar-refractivity contribution in [1.29, 1.82) is 0 Å². The highest BCUT2D eigenvalue weighted by molar-refractivity contribution is 6.30. The summed E-state index contributed by atoms with van der Waals surface area (Å²) in [5.41, 5.74) is 0.358. The van der Waals surface area contributed by atoms with Gasteiger partial charge in [-0.3, -0.25) is 14.2 Å². The van der Waals surface area contributed by atoms with Crippen molar-refractivity contribution < 1.29 is 9.18 Å². The number of fused-ring (bicyclic) bond motifs is 3. The lowest BCUT2D eigenvalue weighted by Gasteiger charge is -2.44. The maximum absolute atomic E-state index is 13.7. The molecule has 1 aromatic carbocycles. The number of aromatic nitrogens is 1. The second-order valence-corrected chi connectivity index (χ2v) is 7.35. The molecule has 5 nitrogen and oxygen atoms in total. The first-order chi connectivity index (χ1) is 12.5. The van der Waals surface area contributed by atoms with E-state index >= 15 is 0 Å². The van der Waals surface area contributed by atoms with Crippen molar-refractivity contribution in [3.63, 3.8) is 0 Å². The number of hydrogen-bond acceptors (Lipinski definition) is 3. The second kappa shape index (κ2) is 6.85. The summed E-state index contributed by atoms with van der Waals surface area (Å²) < 4.78 is 15.0. The van der Waals surface area contributed by atoms with E-state index in [2.05, 4.69) is 10.2 Å². The Hall–Kier alpha value is -2.18. The van der Waals surface area contributed by atoms with Crippen LogP contribution in [0.2, 0.25) is 5.02 Å². The topological polar surface area (TPSA) is 54.3 Å². The summed E-state index contributed by atoms with van der Waals surface area (Å²) in [4.78, 5) is 27.2. The van der Waals surface area contributed by atoms with Crippen LogP contribution in [0, 0.1) is 11.7 Å². The molecule has 1 aromatic heterocycles. The lowest BCUT2D eigenvalue weighted by molar-refractivity contribution is 0.0620. The van der Waals surface area contributed by atoms with Gasteiger partial charge in [-0.1, -0.05) is 11.6 Å². The molecule has 1 amide bonds. The average Bonchev–Trinajstić information content (AvgIpc) is 2.65. The minimum absolute atomic E-state index is 0.0157. The molecular formula is C19H19ClFN3O2. The molecule has 2 bridgehead atoms. The molecule has 0 spiro atoms. The van der Waals surface area contributed by atoms with Crippen LogP contribution in [-0.4, -0.2) is 41.1 Å². The SMILES string of the molecule is O=C(NC1CN2CCC1CC2)c1ccc(=O)n(-c2ccc(Cl)c(F)c2)c1. The zero-order valence-corrected chi connectivity index (χ0v) is 14.9. The Bertz CT molecular complexity index is 906. The number of nitrogens with zero attached hydrogens (tertiary/aromatic N) is 2. The van der Waals surface area contributed by atoms with E-state index in [4.69, 9.17) is 11.6 Å². The van der Waals surface area contributed by atoms with E-state index < -0.39 is 5.82 Å². The Morgan fingerprint density at radius 1 is 1.19 bits per heavy atom. The van der Waals surface area contributed by atoms with E-state index in [1.807, 2.05) is 0 Å². The third kappa shape index (κ3) is 3.27. The second-order valence-electron chi connectivity index (χ2n) is 6.94. The number of pyridine rings is 1. The molecule has 136 valence electrons. The maximum atomic E-state index is 13.7. The maximum Gasteiger partial charge on any atom is 0.255 e. The van der Waals surface area contributed by atoms with Crippen molar-refractivity contribution in [3.8, 4) is 5.69 Å². The van der Waals surface area contributed by atoms with E-state index in [-0.39, 0.29) is 22.5 Å². The fourth-order valence-corrected chi connectivity index (χ4v) is 3.96. The lowest BCUT2D eigenvalue weighted by atomic mass is 9.84. The highest BCUT2D eigenvalue weighted by Crippen LogP contribution is 2.27. The highest BCUT2D eigenvalue weighted by atomic mass is 35.5. The van der Waals surface area contributed by atoms with Gasteiger partial charge in [0.25, 0.3) is 11.5 Å². The van der Waals surface area contributed by atoms with Gasteiger partial charge in [0.15, 0.2) is 0 Å². The Morgan fingerprint density at radius 2 is 1.96 bits per heavy atom. The minimum Gasteiger partial charge on any atom is -0.348 e. The van der Waals surface area contributed by atoms with Gasteiger partial charge in [-0.05, 0) is 56.1 Å². The van der Waals surface area contributed by atoms with Crippen molar-refractivity contribution in [2.24, 2.45) is 5.92 Å². The van der Waals surface area contributed by atoms with Gasteiger partial charge in [-0.25, -0.2) is 4.39 Å². The van der Waals surface area contributed by atoms with Crippen LogP contribution in [0.4, 0.5) is 4.39 Å². The fourth-order valence-electron chi connectivity index (χ4n) is 3.84. The lowest BCUT2D eigenvalue weighted by Crippen LogP contribution is -2.57. The summed E-state index contributed by atoms with van der Waals surface area (Å²) in [6, 6.07) is 7.07. The van der Waals surface area contributed by atoms with E-state index in [9.17, 15) is 14.0 Å². The summed E-state index contributed by atoms with van der Waals surface area (Å²) in [7, 11) is 0. The molecule has 1 unspecified atom stereocenters. The zero-order chi connectivity index (χ0) is 18.3. The third-order valence-corrected chi connectivity index (χ3v) is 5.63. The van der Waals surface area contributed by atoms with Crippen LogP contribution in [-0.2, 0) is 0 Å². The van der Waals surface area contributed by atoms with Crippen molar-refractivity contribution in [3.05, 3.63) is 63.3 Å². The highest BCUT2D eigenvalue weighted by Gasteiger charge is 2.35. The number of rotatable bonds is 3. The summed E-state index contributed by atoms with van der Waals surface area (Å²) >= 11 is 5.70. The molecule has 0 saturated carbocycles. The number of carbonyl (C=O) groups is 1. The molecule has 26 heavy (non-hydrogen) atoms. The number of nitrogens with one attached hydrogen (secondary N) is 1. The summed E-state index contributed by atoms with van der Waals surface area (Å²) in [6.07, 6.45) is 3.66. The van der Waals surface area contributed by atoms with Crippen LogP contribution in [0.25, 0.3) is 5.69 Å². The molecule has 3 saturated heterocycles. The van der Waals surface area contributed by atoms with Crippen molar-refractivity contribution in [2.45, 2.75) is 18.9 Å². The third-order valence-electron chi connectivity index (χ3n) is 5.33. The molecule has 4 heterocycles. The standard InChI is InChI=1S/C19H19ClFN3O2/c20-15-3-2-14(9-16(15)21)24-10-13(1-4-18(24)25)19(26)22-17-11-23-7-5-12(17)6-8-23/h1-4,9-10,12,17H,5-8,11H2,(H,22,26). The molecule has 7 heteroatoms. The molecule has 5 rings (SSSR count). The monoisotopic (exact) mass is 375 g/mol. The first-order valence-corrected chi connectivity index (χ1v) is 9.10. The summed E-state index contributed by atoms with van der Waals surface area (Å²) in [5.74, 6) is -0.314. The van der Waals surface area contributed by atoms with Crippen LogP contribution >= 0.6 is 11.6 Å². The molecule has 1 atom stereocenters. The quantitative estimate of drug-likeness (QED) is 0.896. The van der Waals surface area contributed by atoms with E-state index in [0.717, 1.165) is 32.5 Å².